The molecule has 5 nitrogen and oxygen atoms in total. The van der Waals surface area contributed by atoms with Crippen molar-refractivity contribution < 1.29 is 17.9 Å². The smallest absolute Gasteiger partial charge is 0.251 e. The molecule has 134 valence electrons. The first kappa shape index (κ1) is 19.0. The molecule has 0 atom stereocenters. The number of carbonyl (C=O) groups excluding carboxylic acids is 1. The van der Waals surface area contributed by atoms with Crippen LogP contribution in [-0.2, 0) is 16.3 Å². The summed E-state index contributed by atoms with van der Waals surface area (Å²) in [6.07, 6.45) is 1.98. The second kappa shape index (κ2) is 8.16. The molecule has 0 spiro atoms. The highest BCUT2D eigenvalue weighted by molar-refractivity contribution is 7.90. The standard InChI is InChI=1S/C19H23NO4S/c1-14(2)24-17-8-4-15(5-9-17)12-13-20-19(21)16-6-10-18(11-7-16)25(3,22)23/h4-11,14H,12-13H2,1-3H3,(H,20,21). The molecule has 0 aliphatic heterocycles. The van der Waals surface area contributed by atoms with Gasteiger partial charge in [-0.15, -0.1) is 0 Å². The van der Waals surface area contributed by atoms with Crippen LogP contribution in [0.4, 0.5) is 0 Å². The highest BCUT2D eigenvalue weighted by atomic mass is 32.2. The van der Waals surface area contributed by atoms with E-state index in [1.807, 2.05) is 38.1 Å². The van der Waals surface area contributed by atoms with E-state index in [1.54, 1.807) is 0 Å². The number of ether oxygens (including phenoxy) is 1. The molecule has 0 aromatic heterocycles. The van der Waals surface area contributed by atoms with Gasteiger partial charge in [0, 0.05) is 18.4 Å². The normalized spacial score (nSPS) is 11.4. The number of nitrogens with one attached hydrogen (secondary N) is 1. The maximum atomic E-state index is 12.1. The van der Waals surface area contributed by atoms with E-state index in [2.05, 4.69) is 5.32 Å². The molecule has 0 aliphatic carbocycles. The maximum absolute atomic E-state index is 12.1. The Morgan fingerprint density at radius 2 is 1.64 bits per heavy atom. The zero-order chi connectivity index (χ0) is 18.4. The highest BCUT2D eigenvalue weighted by Gasteiger charge is 2.09. The van der Waals surface area contributed by atoms with Gasteiger partial charge in [0.1, 0.15) is 5.75 Å². The van der Waals surface area contributed by atoms with Crippen LogP contribution in [0.15, 0.2) is 53.4 Å². The lowest BCUT2D eigenvalue weighted by Gasteiger charge is -2.10. The van der Waals surface area contributed by atoms with Crippen LogP contribution in [0.5, 0.6) is 5.75 Å². The molecule has 0 fully saturated rings. The summed E-state index contributed by atoms with van der Waals surface area (Å²) in [7, 11) is -3.25. The number of hydrogen-bond acceptors (Lipinski definition) is 4. The first-order valence-electron chi connectivity index (χ1n) is 8.09. The monoisotopic (exact) mass is 361 g/mol. The van der Waals surface area contributed by atoms with Crippen LogP contribution in [-0.4, -0.2) is 33.2 Å². The molecule has 0 aliphatic rings. The van der Waals surface area contributed by atoms with Gasteiger partial charge in [-0.2, -0.15) is 0 Å². The summed E-state index contributed by atoms with van der Waals surface area (Å²) in [5.74, 6) is 0.605. The van der Waals surface area contributed by atoms with E-state index >= 15 is 0 Å². The topological polar surface area (TPSA) is 72.5 Å². The summed E-state index contributed by atoms with van der Waals surface area (Å²) in [5, 5.41) is 2.83. The fraction of sp³-hybridized carbons (Fsp3) is 0.316. The van der Waals surface area contributed by atoms with Gasteiger partial charge in [0.2, 0.25) is 0 Å². The van der Waals surface area contributed by atoms with E-state index in [4.69, 9.17) is 4.74 Å². The molecule has 0 radical (unpaired) electrons. The molecule has 1 amide bonds. The van der Waals surface area contributed by atoms with Gasteiger partial charge in [0.25, 0.3) is 5.91 Å². The third-order valence-electron chi connectivity index (χ3n) is 3.54. The van der Waals surface area contributed by atoms with Crippen molar-refractivity contribution in [3.8, 4) is 5.75 Å². The number of hydrogen-bond donors (Lipinski definition) is 1. The zero-order valence-corrected chi connectivity index (χ0v) is 15.5. The Morgan fingerprint density at radius 1 is 1.04 bits per heavy atom. The molecule has 0 saturated heterocycles. The minimum absolute atomic E-state index is 0.138. The van der Waals surface area contributed by atoms with Gasteiger partial charge in [-0.25, -0.2) is 8.42 Å². The zero-order valence-electron chi connectivity index (χ0n) is 14.7. The van der Waals surface area contributed by atoms with Gasteiger partial charge in [-0.3, -0.25) is 4.79 Å². The molecule has 0 unspecified atom stereocenters. The first-order valence-corrected chi connectivity index (χ1v) is 9.99. The van der Waals surface area contributed by atoms with Crippen LogP contribution in [0.25, 0.3) is 0 Å². The van der Waals surface area contributed by atoms with Gasteiger partial charge in [0.05, 0.1) is 11.0 Å². The fourth-order valence-corrected chi connectivity index (χ4v) is 2.91. The predicted octanol–water partition coefficient (Wildman–Crippen LogP) is 2.85. The molecular weight excluding hydrogens is 338 g/mol. The summed E-state index contributed by atoms with van der Waals surface area (Å²) < 4.78 is 28.4. The fourth-order valence-electron chi connectivity index (χ4n) is 2.28. The lowest BCUT2D eigenvalue weighted by molar-refractivity contribution is 0.0954. The molecule has 25 heavy (non-hydrogen) atoms. The van der Waals surface area contributed by atoms with Crippen LogP contribution in [0, 0.1) is 0 Å². The largest absolute Gasteiger partial charge is 0.491 e. The number of carbonyl (C=O) groups is 1. The van der Waals surface area contributed by atoms with E-state index in [0.717, 1.165) is 17.6 Å². The number of amides is 1. The second-order valence-electron chi connectivity index (χ2n) is 6.11. The second-order valence-corrected chi connectivity index (χ2v) is 8.13. The van der Waals surface area contributed by atoms with E-state index < -0.39 is 9.84 Å². The third-order valence-corrected chi connectivity index (χ3v) is 4.67. The lowest BCUT2D eigenvalue weighted by atomic mass is 10.1. The lowest BCUT2D eigenvalue weighted by Crippen LogP contribution is -2.25. The van der Waals surface area contributed by atoms with Crippen molar-refractivity contribution >= 4 is 15.7 Å². The summed E-state index contributed by atoms with van der Waals surface area (Å²) in [5.41, 5.74) is 1.54. The average molecular weight is 361 g/mol. The predicted molar refractivity (Wildman–Crippen MR) is 97.8 cm³/mol. The van der Waals surface area contributed by atoms with Crippen molar-refractivity contribution in [3.63, 3.8) is 0 Å². The van der Waals surface area contributed by atoms with Crippen molar-refractivity contribution in [1.82, 2.24) is 5.32 Å². The minimum atomic E-state index is -3.25. The van der Waals surface area contributed by atoms with Crippen molar-refractivity contribution in [2.75, 3.05) is 12.8 Å². The van der Waals surface area contributed by atoms with E-state index in [9.17, 15) is 13.2 Å². The molecule has 0 saturated carbocycles. The molecular formula is C19H23NO4S. The van der Waals surface area contributed by atoms with E-state index in [-0.39, 0.29) is 16.9 Å². The van der Waals surface area contributed by atoms with Crippen LogP contribution < -0.4 is 10.1 Å². The third kappa shape index (κ3) is 5.90. The van der Waals surface area contributed by atoms with Crippen LogP contribution in [0.3, 0.4) is 0 Å². The van der Waals surface area contributed by atoms with Gasteiger partial charge in [0.15, 0.2) is 9.84 Å². The first-order chi connectivity index (χ1) is 11.8. The number of benzene rings is 2. The molecule has 0 bridgehead atoms. The number of sulfone groups is 1. The minimum Gasteiger partial charge on any atom is -0.491 e. The average Bonchev–Trinajstić information content (AvgIpc) is 2.55. The van der Waals surface area contributed by atoms with Gasteiger partial charge >= 0.3 is 0 Å². The quantitative estimate of drug-likeness (QED) is 0.823. The Kier molecular flexibility index (Phi) is 6.20. The molecule has 0 heterocycles. The Labute approximate surface area is 148 Å². The molecule has 2 aromatic carbocycles. The molecule has 6 heteroatoms. The Balaban J connectivity index is 1.86. The van der Waals surface area contributed by atoms with Gasteiger partial charge in [-0.1, -0.05) is 12.1 Å². The highest BCUT2D eigenvalue weighted by Crippen LogP contribution is 2.14. The van der Waals surface area contributed by atoms with Crippen LogP contribution >= 0.6 is 0 Å². The van der Waals surface area contributed by atoms with Crippen molar-refractivity contribution in [2.45, 2.75) is 31.3 Å². The van der Waals surface area contributed by atoms with Crippen LogP contribution in [0.1, 0.15) is 29.8 Å². The Bertz CT molecular complexity index is 810. The Hall–Kier alpha value is -2.34. The SMILES string of the molecule is CC(C)Oc1ccc(CCNC(=O)c2ccc(S(C)(=O)=O)cc2)cc1. The molecule has 2 aromatic rings. The summed E-state index contributed by atoms with van der Waals surface area (Å²) in [6, 6.07) is 13.7. The maximum Gasteiger partial charge on any atom is 0.251 e. The number of rotatable bonds is 7. The van der Waals surface area contributed by atoms with Crippen molar-refractivity contribution in [3.05, 3.63) is 59.7 Å². The van der Waals surface area contributed by atoms with Gasteiger partial charge < -0.3 is 10.1 Å². The van der Waals surface area contributed by atoms with Crippen molar-refractivity contribution in [2.24, 2.45) is 0 Å². The summed E-state index contributed by atoms with van der Waals surface area (Å²) >= 11 is 0. The van der Waals surface area contributed by atoms with Gasteiger partial charge in [-0.05, 0) is 62.2 Å². The summed E-state index contributed by atoms with van der Waals surface area (Å²) in [6.45, 7) is 4.45. The van der Waals surface area contributed by atoms with Crippen molar-refractivity contribution in [1.29, 1.82) is 0 Å². The van der Waals surface area contributed by atoms with E-state index in [1.165, 1.54) is 24.3 Å². The van der Waals surface area contributed by atoms with E-state index in [0.29, 0.717) is 18.5 Å². The molecule has 2 rings (SSSR count). The van der Waals surface area contributed by atoms with Crippen LogP contribution in [0.2, 0.25) is 0 Å². The Morgan fingerprint density at radius 3 is 2.16 bits per heavy atom. The summed E-state index contributed by atoms with van der Waals surface area (Å²) in [4.78, 5) is 12.3. The molecule has 1 N–H and O–H groups in total.